The van der Waals surface area contributed by atoms with Crippen molar-refractivity contribution >= 4 is 100 Å². The third-order valence-corrected chi connectivity index (χ3v) is 0.771. The molecule has 2 nitrogen and oxygen atoms in total. The van der Waals surface area contributed by atoms with Gasteiger partial charge in [-0.2, -0.15) is 9.90 Å². The predicted octanol–water partition coefficient (Wildman–Crippen LogP) is -2.74. The standard InChI is InChI=1S/C5H14NO.Ca.Fe.Mg.Na.H3P.5H/c1-6(2,3)4-5-7;;;;;;;;;;/h7H,4-5H2,1-3H3;;;;;1H3;;;;;/q+1;;;;;;;;;;. The molecule has 1 unspecified atom stereocenters. The van der Waals surface area contributed by atoms with Crippen molar-refractivity contribution in [2.75, 3.05) is 34.3 Å². The first-order valence-electron chi connectivity index (χ1n) is 2.47. The molecule has 12 heavy (non-hydrogen) atoms. The van der Waals surface area contributed by atoms with Crippen molar-refractivity contribution in [3.63, 3.8) is 0 Å². The van der Waals surface area contributed by atoms with Gasteiger partial charge in [-0.25, -0.2) is 0 Å². The number of nitrogens with zero attached hydrogens (tertiary/aromatic N) is 1. The Morgan fingerprint density at radius 3 is 1.42 bits per heavy atom. The molecular weight excluding hydrogens is 264 g/mol. The Morgan fingerprint density at radius 2 is 1.42 bits per heavy atom. The summed E-state index contributed by atoms with van der Waals surface area (Å²) in [5, 5.41) is 8.39. The van der Waals surface area contributed by atoms with Gasteiger partial charge in [0.25, 0.3) is 0 Å². The number of hydrogen-bond donors (Lipinski definition) is 1. The molecule has 0 bridgehead atoms. The molecule has 0 saturated carbocycles. The molecule has 0 radical (unpaired) electrons. The summed E-state index contributed by atoms with van der Waals surface area (Å²) in [4.78, 5) is 0. The molecule has 0 aliphatic carbocycles. The Morgan fingerprint density at radius 1 is 1.17 bits per heavy atom. The van der Waals surface area contributed by atoms with E-state index < -0.39 is 0 Å². The monoisotopic (exact) mass is 286 g/mol. The fraction of sp³-hybridized carbons (Fsp3) is 1.00. The van der Waals surface area contributed by atoms with Gasteiger partial charge in [0.05, 0.1) is 27.7 Å². The molecular formula is C5H22CaFeMgNNaOP+. The molecule has 0 rings (SSSR count). The van der Waals surface area contributed by atoms with Crippen molar-refractivity contribution in [3.05, 3.63) is 0 Å². The minimum absolute atomic E-state index is 0. The molecule has 0 heterocycles. The van der Waals surface area contributed by atoms with Crippen LogP contribution in [0.1, 0.15) is 0 Å². The van der Waals surface area contributed by atoms with Crippen LogP contribution in [0, 0.1) is 0 Å². The Labute approximate surface area is 158 Å². The van der Waals surface area contributed by atoms with Crippen LogP contribution in [-0.2, 0) is 17.1 Å². The zero-order valence-corrected chi connectivity index (χ0v) is 8.89. The van der Waals surface area contributed by atoms with Crippen molar-refractivity contribution in [1.82, 2.24) is 0 Å². The summed E-state index contributed by atoms with van der Waals surface area (Å²) in [5.41, 5.74) is 0. The molecule has 0 fully saturated rings. The quantitative estimate of drug-likeness (QED) is 0.332. The Hall–Kier alpha value is 3.90. The molecule has 0 saturated heterocycles. The van der Waals surface area contributed by atoms with E-state index in [4.69, 9.17) is 5.11 Å². The topological polar surface area (TPSA) is 20.2 Å². The third kappa shape index (κ3) is 37.1. The second-order valence-electron chi connectivity index (χ2n) is 2.74. The van der Waals surface area contributed by atoms with Crippen LogP contribution in [0.5, 0.6) is 0 Å². The number of likely N-dealkylation sites (N-methyl/N-ethyl adjacent to an activating group) is 1. The summed E-state index contributed by atoms with van der Waals surface area (Å²) < 4.78 is 0.844. The average Bonchev–Trinajstić information content (AvgIpc) is 1.30. The van der Waals surface area contributed by atoms with E-state index in [9.17, 15) is 0 Å². The Kier molecular flexibility index (Phi) is 61.0. The maximum atomic E-state index is 8.39. The molecule has 0 aromatic heterocycles. The van der Waals surface area contributed by atoms with Crippen LogP contribution in [0.25, 0.3) is 0 Å². The van der Waals surface area contributed by atoms with Crippen molar-refractivity contribution < 1.29 is 26.7 Å². The third-order valence-electron chi connectivity index (χ3n) is 0.771. The summed E-state index contributed by atoms with van der Waals surface area (Å²) in [7, 11) is 6.16. The molecule has 0 aromatic rings. The van der Waals surface area contributed by atoms with Gasteiger partial charge < -0.3 is 9.59 Å². The van der Waals surface area contributed by atoms with Crippen molar-refractivity contribution in [1.29, 1.82) is 0 Å². The summed E-state index contributed by atoms with van der Waals surface area (Å²) in [6.45, 7) is 1.11. The van der Waals surface area contributed by atoms with Crippen LogP contribution in [0.4, 0.5) is 0 Å². The van der Waals surface area contributed by atoms with E-state index in [1.54, 1.807) is 0 Å². The summed E-state index contributed by atoms with van der Waals surface area (Å²) in [5.74, 6) is 0. The van der Waals surface area contributed by atoms with Gasteiger partial charge in [-0.05, 0) is 0 Å². The van der Waals surface area contributed by atoms with E-state index in [2.05, 4.69) is 21.1 Å². The first-order valence-corrected chi connectivity index (χ1v) is 2.47. The van der Waals surface area contributed by atoms with Crippen LogP contribution in [0.15, 0.2) is 0 Å². The van der Waals surface area contributed by atoms with Gasteiger partial charge in [0, 0.05) is 17.1 Å². The molecule has 7 heteroatoms. The number of hydrogen-bond acceptors (Lipinski definition) is 1. The van der Waals surface area contributed by atoms with Gasteiger partial charge >= 0.3 is 90.3 Å². The first-order chi connectivity index (χ1) is 3.06. The van der Waals surface area contributed by atoms with Gasteiger partial charge in [-0.1, -0.05) is 0 Å². The van der Waals surface area contributed by atoms with Crippen LogP contribution >= 0.6 is 9.90 Å². The summed E-state index contributed by atoms with van der Waals surface area (Å²) >= 11 is 0. The van der Waals surface area contributed by atoms with Gasteiger partial charge in [-0.3, -0.25) is 0 Å². The summed E-state index contributed by atoms with van der Waals surface area (Å²) in [6, 6.07) is 0. The van der Waals surface area contributed by atoms with Gasteiger partial charge in [0.2, 0.25) is 0 Å². The fourth-order valence-corrected chi connectivity index (χ4v) is 0.300. The number of quaternary nitrogens is 1. The van der Waals surface area contributed by atoms with E-state index >= 15 is 0 Å². The van der Waals surface area contributed by atoms with Crippen molar-refractivity contribution in [2.24, 2.45) is 0 Å². The zero-order chi connectivity index (χ0) is 5.91. The Bertz CT molecular complexity index is 69.9. The number of aliphatic hydroxyl groups excluding tert-OH is 1. The zero-order valence-electron chi connectivity index (χ0n) is 6.37. The molecule has 1 N–H and O–H groups in total. The molecule has 0 aromatic carbocycles. The second kappa shape index (κ2) is 20.3. The average molecular weight is 286 g/mol. The maximum absolute atomic E-state index is 8.39. The van der Waals surface area contributed by atoms with Gasteiger partial charge in [0.1, 0.15) is 6.54 Å². The number of aliphatic hydroxyl groups is 1. The molecule has 0 aliphatic rings. The second-order valence-corrected chi connectivity index (χ2v) is 2.74. The minimum atomic E-state index is 0. The van der Waals surface area contributed by atoms with E-state index in [1.165, 1.54) is 0 Å². The summed E-state index contributed by atoms with van der Waals surface area (Å²) in [6.07, 6.45) is 0. The molecule has 70 valence electrons. The van der Waals surface area contributed by atoms with E-state index in [0.29, 0.717) is 0 Å². The molecule has 1 atom stereocenters. The number of rotatable bonds is 2. The van der Waals surface area contributed by atoms with Crippen LogP contribution in [0.3, 0.4) is 0 Å². The first kappa shape index (κ1) is 36.0. The Balaban J connectivity index is -0.0000000180. The predicted molar refractivity (Wildman–Crippen MR) is 65.3 cm³/mol. The van der Waals surface area contributed by atoms with Crippen molar-refractivity contribution in [2.45, 2.75) is 0 Å². The van der Waals surface area contributed by atoms with Crippen LogP contribution < -0.4 is 0 Å². The normalized spacial score (nSPS) is 7.00. The van der Waals surface area contributed by atoms with E-state index in [0.717, 1.165) is 11.0 Å². The fourth-order valence-electron chi connectivity index (χ4n) is 0.300. The SMILES string of the molecule is C[N+](C)(C)CCO.P.[CaH2].[Fe].[MgH2].[NaH]. The van der Waals surface area contributed by atoms with E-state index in [-0.39, 0.29) is 124 Å². The van der Waals surface area contributed by atoms with Crippen LogP contribution in [-0.4, -0.2) is 134 Å². The van der Waals surface area contributed by atoms with Crippen LogP contribution in [0.2, 0.25) is 0 Å². The van der Waals surface area contributed by atoms with Gasteiger partial charge in [-0.15, -0.1) is 0 Å². The molecule has 0 amide bonds. The molecule has 0 aliphatic heterocycles. The molecule has 0 spiro atoms. The van der Waals surface area contributed by atoms with Gasteiger partial charge in [0.15, 0.2) is 0 Å². The van der Waals surface area contributed by atoms with Crippen molar-refractivity contribution in [3.8, 4) is 0 Å². The van der Waals surface area contributed by atoms with E-state index in [1.807, 2.05) is 0 Å².